The van der Waals surface area contributed by atoms with Crippen LogP contribution in [0.2, 0.25) is 0 Å². The number of methoxy groups -OCH3 is 2. The second-order valence-corrected chi connectivity index (χ2v) is 12.7. The van der Waals surface area contributed by atoms with Gasteiger partial charge in [-0.25, -0.2) is 0 Å². The van der Waals surface area contributed by atoms with Crippen molar-refractivity contribution in [2.75, 3.05) is 64.4 Å². The molecule has 2 aliphatic heterocycles. The minimum Gasteiger partial charge on any atom is -0.468 e. The van der Waals surface area contributed by atoms with Gasteiger partial charge < -0.3 is 33.6 Å². The Morgan fingerprint density at radius 1 is 0.795 bits per heavy atom. The summed E-state index contributed by atoms with van der Waals surface area (Å²) >= 11 is 6.80. The van der Waals surface area contributed by atoms with E-state index in [1.165, 1.54) is 25.7 Å². The van der Waals surface area contributed by atoms with Gasteiger partial charge in [-0.3, -0.25) is 19.2 Å². The van der Waals surface area contributed by atoms with Gasteiger partial charge in [0.05, 0.1) is 11.4 Å². The van der Waals surface area contributed by atoms with E-state index in [4.69, 9.17) is 18.9 Å². The molecule has 2 aromatic rings. The Labute approximate surface area is 275 Å². The van der Waals surface area contributed by atoms with Crippen LogP contribution in [0.4, 0.5) is 11.4 Å². The Morgan fingerprint density at radius 3 is 1.59 bits per heavy atom. The van der Waals surface area contributed by atoms with Gasteiger partial charge in [-0.15, -0.1) is 0 Å². The molecular formula is C31H39Br2N3O8. The largest absolute Gasteiger partial charge is 0.468 e. The first-order chi connectivity index (χ1) is 20.7. The van der Waals surface area contributed by atoms with E-state index in [0.717, 1.165) is 8.95 Å². The van der Waals surface area contributed by atoms with Crippen LogP contribution in [-0.2, 0) is 28.7 Å². The summed E-state index contributed by atoms with van der Waals surface area (Å²) in [6, 6.07) is 10.8. The lowest BCUT2D eigenvalue weighted by atomic mass is 9.96. The summed E-state index contributed by atoms with van der Waals surface area (Å²) in [6.45, 7) is 6.42. The van der Waals surface area contributed by atoms with E-state index in [1.807, 2.05) is 24.3 Å². The van der Waals surface area contributed by atoms with Gasteiger partial charge in [0.2, 0.25) is 5.60 Å². The first-order valence-corrected chi connectivity index (χ1v) is 15.6. The van der Waals surface area contributed by atoms with Crippen molar-refractivity contribution < 1.29 is 38.1 Å². The Kier molecular flexibility index (Phi) is 12.0. The van der Waals surface area contributed by atoms with Crippen molar-refractivity contribution in [2.24, 2.45) is 0 Å². The van der Waals surface area contributed by atoms with Gasteiger partial charge in [0.25, 0.3) is 23.3 Å². The maximum atomic E-state index is 13.0. The number of amides is 3. The van der Waals surface area contributed by atoms with E-state index >= 15 is 0 Å². The summed E-state index contributed by atoms with van der Waals surface area (Å²) in [5.41, 5.74) is -1.70. The molecule has 4 rings (SSSR count). The van der Waals surface area contributed by atoms with Crippen LogP contribution in [0.1, 0.15) is 33.6 Å². The molecule has 2 aliphatic rings. The van der Waals surface area contributed by atoms with Gasteiger partial charge >= 0.3 is 0 Å². The van der Waals surface area contributed by atoms with Crippen LogP contribution in [-0.4, -0.2) is 94.2 Å². The average Bonchev–Trinajstić information content (AvgIpc) is 2.97. The van der Waals surface area contributed by atoms with Crippen LogP contribution in [0.15, 0.2) is 45.3 Å². The highest BCUT2D eigenvalue weighted by atomic mass is 79.9. The lowest BCUT2D eigenvalue weighted by molar-refractivity contribution is -0.154. The fourth-order valence-corrected chi connectivity index (χ4v) is 5.50. The van der Waals surface area contributed by atoms with Crippen molar-refractivity contribution in [3.8, 4) is 11.5 Å². The van der Waals surface area contributed by atoms with Crippen molar-refractivity contribution in [3.05, 3.63) is 45.3 Å². The highest BCUT2D eigenvalue weighted by Crippen LogP contribution is 2.41. The first kappa shape index (κ1) is 35.5. The Hall–Kier alpha value is -3.00. The summed E-state index contributed by atoms with van der Waals surface area (Å²) in [7, 11) is 6.45. The predicted molar refractivity (Wildman–Crippen MR) is 173 cm³/mol. The van der Waals surface area contributed by atoms with Crippen LogP contribution >= 0.6 is 31.9 Å². The van der Waals surface area contributed by atoms with Gasteiger partial charge in [0, 0.05) is 63.6 Å². The molecule has 0 saturated heterocycles. The highest BCUT2D eigenvalue weighted by molar-refractivity contribution is 9.10. The molecule has 240 valence electrons. The van der Waals surface area contributed by atoms with Gasteiger partial charge in [-0.1, -0.05) is 31.9 Å². The summed E-state index contributed by atoms with van der Waals surface area (Å²) in [5.74, 6) is -0.337. The maximum Gasteiger partial charge on any atom is 0.280 e. The number of carbonyl (C=O) groups is 4. The lowest BCUT2D eigenvalue weighted by Crippen LogP contribution is -2.62. The third-order valence-corrected chi connectivity index (χ3v) is 8.29. The topological polar surface area (TPSA) is 115 Å². The van der Waals surface area contributed by atoms with Crippen molar-refractivity contribution >= 4 is 66.7 Å². The number of rotatable bonds is 10. The first-order valence-electron chi connectivity index (χ1n) is 14.0. The second-order valence-electron chi connectivity index (χ2n) is 10.9. The van der Waals surface area contributed by atoms with Gasteiger partial charge in [-0.2, -0.15) is 0 Å². The fourth-order valence-electron chi connectivity index (χ4n) is 4.80. The Morgan fingerprint density at radius 2 is 1.20 bits per heavy atom. The lowest BCUT2D eigenvalue weighted by Gasteiger charge is -2.40. The zero-order valence-corrected chi connectivity index (χ0v) is 29.2. The molecule has 13 heteroatoms. The number of likely N-dealkylation sites (N-methyl/N-ethyl adjacent to an activating group) is 1. The molecule has 11 nitrogen and oxygen atoms in total. The number of halogens is 2. The molecule has 0 N–H and O–H groups in total. The standard InChI is InChI=1S/C16H21BrN2O4.C15H18BrNO4/c1-16(14(20)18(2)3)15(21)19(8-5-9-22-4)12-10-11(17)6-7-13(12)23-16;1-10(18)15(2)14(19)17(7-4-8-20-3)12-9-11(16)5-6-13(12)21-15/h6-7,10H,5,8-9H2,1-4H3;5-6,9H,4,7-8H2,1-3H3. The molecule has 3 amide bonds. The molecular weight excluding hydrogens is 702 g/mol. The molecule has 0 aliphatic carbocycles. The summed E-state index contributed by atoms with van der Waals surface area (Å²) < 4.78 is 23.3. The minimum absolute atomic E-state index is 0.308. The number of hydrogen-bond acceptors (Lipinski definition) is 8. The van der Waals surface area contributed by atoms with E-state index < -0.39 is 11.2 Å². The molecule has 0 bridgehead atoms. The second kappa shape index (κ2) is 14.9. The van der Waals surface area contributed by atoms with Crippen LogP contribution < -0.4 is 19.3 Å². The summed E-state index contributed by atoms with van der Waals surface area (Å²) in [6.07, 6.45) is 1.35. The Balaban J connectivity index is 0.000000241. The molecule has 0 radical (unpaired) electrons. The Bertz CT molecular complexity index is 1400. The summed E-state index contributed by atoms with van der Waals surface area (Å²) in [4.78, 5) is 54.6. The van der Waals surface area contributed by atoms with Gasteiger partial charge in [0.1, 0.15) is 11.5 Å². The predicted octanol–water partition coefficient (Wildman–Crippen LogP) is 4.62. The van der Waals surface area contributed by atoms with E-state index in [-0.39, 0.29) is 23.5 Å². The van der Waals surface area contributed by atoms with Crippen LogP contribution in [0.5, 0.6) is 11.5 Å². The third-order valence-electron chi connectivity index (χ3n) is 7.30. The molecule has 2 aromatic carbocycles. The molecule has 44 heavy (non-hydrogen) atoms. The molecule has 0 aromatic heterocycles. The third kappa shape index (κ3) is 7.44. The molecule has 2 heterocycles. The number of carbonyl (C=O) groups excluding carboxylic acids is 4. The van der Waals surface area contributed by atoms with Gasteiger partial charge in [-0.05, 0) is 70.0 Å². The number of hydrogen-bond donors (Lipinski definition) is 0. The fraction of sp³-hybridized carbons (Fsp3) is 0.484. The normalized spacial score (nSPS) is 20.5. The van der Waals surface area contributed by atoms with Crippen molar-refractivity contribution in [3.63, 3.8) is 0 Å². The number of ketones is 1. The molecule has 2 unspecified atom stereocenters. The van der Waals surface area contributed by atoms with Crippen molar-refractivity contribution in [1.29, 1.82) is 0 Å². The SMILES string of the molecule is COCCCN1C(=O)C(C)(C(=O)N(C)C)Oc2ccc(Br)cc21.COCCCN1C(=O)C(C)(C(C)=O)Oc2ccc(Br)cc21. The van der Waals surface area contributed by atoms with Crippen LogP contribution in [0, 0.1) is 0 Å². The number of nitrogens with zero attached hydrogens (tertiary/aromatic N) is 3. The molecule has 0 fully saturated rings. The van der Waals surface area contributed by atoms with Crippen LogP contribution in [0.3, 0.4) is 0 Å². The van der Waals surface area contributed by atoms with Gasteiger partial charge in [0.15, 0.2) is 5.78 Å². The zero-order valence-electron chi connectivity index (χ0n) is 26.1. The maximum absolute atomic E-state index is 13.0. The molecule has 0 spiro atoms. The summed E-state index contributed by atoms with van der Waals surface area (Å²) in [5, 5.41) is 0. The van der Waals surface area contributed by atoms with Crippen LogP contribution in [0.25, 0.3) is 0 Å². The quantitative estimate of drug-likeness (QED) is 0.256. The molecule has 0 saturated carbocycles. The van der Waals surface area contributed by atoms with E-state index in [2.05, 4.69) is 31.9 Å². The smallest absolute Gasteiger partial charge is 0.280 e. The monoisotopic (exact) mass is 739 g/mol. The number of Topliss-reactive ketones (excluding diaryl/α,β-unsaturated/α-hetero) is 1. The van der Waals surface area contributed by atoms with Crippen molar-refractivity contribution in [2.45, 2.75) is 44.8 Å². The number of benzene rings is 2. The highest BCUT2D eigenvalue weighted by Gasteiger charge is 2.51. The van der Waals surface area contributed by atoms with E-state index in [9.17, 15) is 19.2 Å². The molecule has 2 atom stereocenters. The van der Waals surface area contributed by atoms with E-state index in [1.54, 1.807) is 50.2 Å². The number of fused-ring (bicyclic) bond motifs is 2. The average molecular weight is 741 g/mol. The number of ether oxygens (including phenoxy) is 4. The van der Waals surface area contributed by atoms with E-state index in [0.29, 0.717) is 62.0 Å². The minimum atomic E-state index is -1.56. The number of anilines is 2. The van der Waals surface area contributed by atoms with Crippen molar-refractivity contribution in [1.82, 2.24) is 4.90 Å². The zero-order chi connectivity index (χ0) is 32.8.